The van der Waals surface area contributed by atoms with Crippen LogP contribution in [-0.2, 0) is 0 Å². The first-order chi connectivity index (χ1) is 10.8. The monoisotopic (exact) mass is 296 g/mol. The molecule has 1 aromatic heterocycles. The van der Waals surface area contributed by atoms with Gasteiger partial charge in [0.25, 0.3) is 0 Å². The molecule has 0 amide bonds. The predicted molar refractivity (Wildman–Crippen MR) is 92.3 cm³/mol. The summed E-state index contributed by atoms with van der Waals surface area (Å²) in [7, 11) is 0. The highest BCUT2D eigenvalue weighted by molar-refractivity contribution is 5.65. The van der Waals surface area contributed by atoms with E-state index in [2.05, 4.69) is 54.4 Å². The summed E-state index contributed by atoms with van der Waals surface area (Å²) in [6, 6.07) is 12.8. The maximum Gasteiger partial charge on any atom is 0.225 e. The van der Waals surface area contributed by atoms with E-state index in [1.165, 1.54) is 12.8 Å². The molecule has 1 aromatic carbocycles. The topological polar surface area (TPSA) is 41.1 Å². The van der Waals surface area contributed by atoms with Gasteiger partial charge in [0.05, 0.1) is 5.69 Å². The van der Waals surface area contributed by atoms with E-state index in [9.17, 15) is 0 Å². The molecule has 0 saturated carbocycles. The number of aromatic nitrogens is 2. The van der Waals surface area contributed by atoms with Gasteiger partial charge in [0, 0.05) is 30.8 Å². The molecule has 1 aliphatic rings. The molecule has 1 atom stereocenters. The molecule has 0 spiro atoms. The number of anilines is 2. The smallest absolute Gasteiger partial charge is 0.225 e. The largest absolute Gasteiger partial charge is 0.356 e. The second kappa shape index (κ2) is 6.77. The molecule has 2 aromatic rings. The van der Waals surface area contributed by atoms with E-state index in [1.807, 2.05) is 6.07 Å². The molecule has 1 saturated heterocycles. The fraction of sp³-hybridized carbons (Fsp3) is 0.444. The van der Waals surface area contributed by atoms with Gasteiger partial charge in [0.1, 0.15) is 5.82 Å². The van der Waals surface area contributed by atoms with Crippen molar-refractivity contribution in [3.63, 3.8) is 0 Å². The highest BCUT2D eigenvalue weighted by Gasteiger charge is 2.16. The average Bonchev–Trinajstić information content (AvgIpc) is 3.10. The van der Waals surface area contributed by atoms with E-state index in [4.69, 9.17) is 9.97 Å². The van der Waals surface area contributed by atoms with Crippen LogP contribution in [0.3, 0.4) is 0 Å². The predicted octanol–water partition coefficient (Wildman–Crippen LogP) is 3.95. The molecule has 22 heavy (non-hydrogen) atoms. The second-order valence-corrected chi connectivity index (χ2v) is 5.95. The Balaban J connectivity index is 1.97. The summed E-state index contributed by atoms with van der Waals surface area (Å²) in [6.45, 7) is 6.51. The SMILES string of the molecule is CCC(C)Nc1nc(-c2ccccc2)cc(N2CCCC2)n1. The van der Waals surface area contributed by atoms with E-state index in [-0.39, 0.29) is 0 Å². The van der Waals surface area contributed by atoms with Crippen molar-refractivity contribution in [2.75, 3.05) is 23.3 Å². The van der Waals surface area contributed by atoms with Crippen LogP contribution in [0, 0.1) is 0 Å². The van der Waals surface area contributed by atoms with Gasteiger partial charge >= 0.3 is 0 Å². The lowest BCUT2D eigenvalue weighted by Crippen LogP contribution is -2.21. The molecule has 1 fully saturated rings. The van der Waals surface area contributed by atoms with Crippen LogP contribution in [0.15, 0.2) is 36.4 Å². The first-order valence-electron chi connectivity index (χ1n) is 8.22. The van der Waals surface area contributed by atoms with Crippen molar-refractivity contribution in [1.29, 1.82) is 0 Å². The highest BCUT2D eigenvalue weighted by Crippen LogP contribution is 2.25. The number of nitrogens with zero attached hydrogens (tertiary/aromatic N) is 3. The van der Waals surface area contributed by atoms with Crippen LogP contribution in [0.4, 0.5) is 11.8 Å². The van der Waals surface area contributed by atoms with Crippen LogP contribution < -0.4 is 10.2 Å². The zero-order valence-electron chi connectivity index (χ0n) is 13.4. The number of rotatable bonds is 5. The molecular formula is C18H24N4. The van der Waals surface area contributed by atoms with E-state index < -0.39 is 0 Å². The molecule has 1 N–H and O–H groups in total. The third kappa shape index (κ3) is 3.38. The Morgan fingerprint density at radius 1 is 1.14 bits per heavy atom. The van der Waals surface area contributed by atoms with E-state index in [1.54, 1.807) is 0 Å². The summed E-state index contributed by atoms with van der Waals surface area (Å²) in [4.78, 5) is 11.8. The standard InChI is InChI=1S/C18H24N4/c1-3-14(2)19-18-20-16(15-9-5-4-6-10-15)13-17(21-18)22-11-7-8-12-22/h4-6,9-10,13-14H,3,7-8,11-12H2,1-2H3,(H,19,20,21). The average molecular weight is 296 g/mol. The minimum atomic E-state index is 0.373. The number of nitrogens with one attached hydrogen (secondary N) is 1. The van der Waals surface area contributed by atoms with Crippen molar-refractivity contribution in [2.24, 2.45) is 0 Å². The summed E-state index contributed by atoms with van der Waals surface area (Å²) in [5.74, 6) is 1.77. The van der Waals surface area contributed by atoms with Gasteiger partial charge < -0.3 is 10.2 Å². The summed E-state index contributed by atoms with van der Waals surface area (Å²) in [5.41, 5.74) is 2.13. The van der Waals surface area contributed by atoms with E-state index in [0.29, 0.717) is 6.04 Å². The molecule has 1 aliphatic heterocycles. The zero-order valence-corrected chi connectivity index (χ0v) is 13.4. The van der Waals surface area contributed by atoms with Gasteiger partial charge in [-0.2, -0.15) is 4.98 Å². The molecule has 0 radical (unpaired) electrons. The van der Waals surface area contributed by atoms with Crippen LogP contribution in [-0.4, -0.2) is 29.1 Å². The molecule has 4 nitrogen and oxygen atoms in total. The highest BCUT2D eigenvalue weighted by atomic mass is 15.2. The van der Waals surface area contributed by atoms with Gasteiger partial charge in [-0.05, 0) is 26.2 Å². The minimum absolute atomic E-state index is 0.373. The third-order valence-electron chi connectivity index (χ3n) is 4.20. The lowest BCUT2D eigenvalue weighted by atomic mass is 10.1. The molecule has 3 rings (SSSR count). The first kappa shape index (κ1) is 14.8. The van der Waals surface area contributed by atoms with Crippen molar-refractivity contribution in [3.8, 4) is 11.3 Å². The number of hydrogen-bond acceptors (Lipinski definition) is 4. The summed E-state index contributed by atoms with van der Waals surface area (Å²) in [6.07, 6.45) is 3.55. The van der Waals surface area contributed by atoms with E-state index in [0.717, 1.165) is 42.5 Å². The van der Waals surface area contributed by atoms with Crippen molar-refractivity contribution in [1.82, 2.24) is 9.97 Å². The fourth-order valence-electron chi connectivity index (χ4n) is 2.69. The van der Waals surface area contributed by atoms with Gasteiger partial charge in [0.15, 0.2) is 0 Å². The number of benzene rings is 1. The minimum Gasteiger partial charge on any atom is -0.356 e. The van der Waals surface area contributed by atoms with Gasteiger partial charge in [-0.3, -0.25) is 0 Å². The van der Waals surface area contributed by atoms with Crippen molar-refractivity contribution in [2.45, 2.75) is 39.2 Å². The van der Waals surface area contributed by atoms with Crippen LogP contribution >= 0.6 is 0 Å². The second-order valence-electron chi connectivity index (χ2n) is 5.95. The fourth-order valence-corrected chi connectivity index (χ4v) is 2.69. The molecule has 1 unspecified atom stereocenters. The molecule has 4 heteroatoms. The van der Waals surface area contributed by atoms with Crippen LogP contribution in [0.1, 0.15) is 33.1 Å². The Morgan fingerprint density at radius 3 is 2.55 bits per heavy atom. The molecule has 0 bridgehead atoms. The molecule has 2 heterocycles. The normalized spacial score (nSPS) is 15.8. The Bertz CT molecular complexity index is 606. The van der Waals surface area contributed by atoms with Gasteiger partial charge in [0.2, 0.25) is 5.95 Å². The Labute approximate surface area is 132 Å². The molecule has 116 valence electrons. The third-order valence-corrected chi connectivity index (χ3v) is 4.20. The first-order valence-corrected chi connectivity index (χ1v) is 8.22. The lowest BCUT2D eigenvalue weighted by molar-refractivity contribution is 0.752. The van der Waals surface area contributed by atoms with Crippen molar-refractivity contribution < 1.29 is 0 Å². The Morgan fingerprint density at radius 2 is 1.86 bits per heavy atom. The summed E-state index contributed by atoms with van der Waals surface area (Å²) < 4.78 is 0. The van der Waals surface area contributed by atoms with Crippen LogP contribution in [0.2, 0.25) is 0 Å². The maximum absolute atomic E-state index is 4.73. The van der Waals surface area contributed by atoms with Gasteiger partial charge in [-0.25, -0.2) is 4.98 Å². The lowest BCUT2D eigenvalue weighted by Gasteiger charge is -2.19. The van der Waals surface area contributed by atoms with Crippen molar-refractivity contribution >= 4 is 11.8 Å². The summed E-state index contributed by atoms with van der Waals surface area (Å²) >= 11 is 0. The zero-order chi connectivity index (χ0) is 15.4. The summed E-state index contributed by atoms with van der Waals surface area (Å²) in [5, 5.41) is 3.42. The van der Waals surface area contributed by atoms with Gasteiger partial charge in [-0.15, -0.1) is 0 Å². The quantitative estimate of drug-likeness (QED) is 0.907. The van der Waals surface area contributed by atoms with Crippen LogP contribution in [0.5, 0.6) is 0 Å². The molecule has 0 aliphatic carbocycles. The van der Waals surface area contributed by atoms with Crippen molar-refractivity contribution in [3.05, 3.63) is 36.4 Å². The maximum atomic E-state index is 4.73. The van der Waals surface area contributed by atoms with Crippen LogP contribution in [0.25, 0.3) is 11.3 Å². The van der Waals surface area contributed by atoms with Gasteiger partial charge in [-0.1, -0.05) is 37.3 Å². The number of hydrogen-bond donors (Lipinski definition) is 1. The molecular weight excluding hydrogens is 272 g/mol. The van der Waals surface area contributed by atoms with E-state index >= 15 is 0 Å². The Hall–Kier alpha value is -2.10. The Kier molecular flexibility index (Phi) is 4.56.